The number of ether oxygens (including phenoxy) is 1. The Bertz CT molecular complexity index is 1290. The van der Waals surface area contributed by atoms with E-state index >= 15 is 0 Å². The summed E-state index contributed by atoms with van der Waals surface area (Å²) in [5.41, 5.74) is 1.51. The van der Waals surface area contributed by atoms with Gasteiger partial charge in [0.25, 0.3) is 5.91 Å². The van der Waals surface area contributed by atoms with E-state index in [1.54, 1.807) is 14.0 Å². The lowest BCUT2D eigenvalue weighted by Crippen LogP contribution is -2.58. The molecular formula is C32H45N7O4. The molecule has 1 unspecified atom stereocenters. The molecule has 0 aliphatic carbocycles. The average Bonchev–Trinajstić information content (AvgIpc) is 3.70. The number of benzene rings is 1. The summed E-state index contributed by atoms with van der Waals surface area (Å²) in [5.74, 6) is 0.140. The number of likely N-dealkylation sites (N-methyl/N-ethyl adjacent to an activating group) is 1. The van der Waals surface area contributed by atoms with E-state index in [1.165, 1.54) is 0 Å². The Hall–Kier alpha value is -3.57. The quantitative estimate of drug-likeness (QED) is 0.415. The monoisotopic (exact) mass is 591 g/mol. The van der Waals surface area contributed by atoms with Crippen LogP contribution < -0.4 is 10.6 Å². The molecule has 11 nitrogen and oxygen atoms in total. The number of nitrogens with one attached hydrogen (secondary N) is 2. The first-order valence-electron chi connectivity index (χ1n) is 15.7. The molecule has 0 radical (unpaired) electrons. The van der Waals surface area contributed by atoms with Crippen LogP contribution in [0.2, 0.25) is 0 Å². The maximum atomic E-state index is 14.2. The lowest BCUT2D eigenvalue weighted by atomic mass is 9.90. The van der Waals surface area contributed by atoms with Crippen LogP contribution in [0.5, 0.6) is 0 Å². The molecule has 5 rings (SSSR count). The maximum Gasteiger partial charge on any atom is 0.274 e. The molecule has 1 aromatic heterocycles. The van der Waals surface area contributed by atoms with Crippen LogP contribution in [-0.2, 0) is 20.7 Å². The fraction of sp³-hybridized carbons (Fsp3) is 0.594. The van der Waals surface area contributed by atoms with Crippen LogP contribution in [0.1, 0.15) is 68.0 Å². The summed E-state index contributed by atoms with van der Waals surface area (Å²) in [6, 6.07) is 9.11. The van der Waals surface area contributed by atoms with E-state index < -0.39 is 12.1 Å². The number of rotatable bonds is 11. The molecule has 43 heavy (non-hydrogen) atoms. The molecular weight excluding hydrogens is 546 g/mol. The molecule has 4 heterocycles. The van der Waals surface area contributed by atoms with Crippen molar-refractivity contribution in [3.05, 3.63) is 47.8 Å². The van der Waals surface area contributed by atoms with Crippen molar-refractivity contribution in [2.45, 2.75) is 76.5 Å². The molecule has 3 aliphatic heterocycles. The summed E-state index contributed by atoms with van der Waals surface area (Å²) in [5, 5.41) is 6.03. The average molecular weight is 592 g/mol. The van der Waals surface area contributed by atoms with Crippen LogP contribution in [0.3, 0.4) is 0 Å². The van der Waals surface area contributed by atoms with E-state index in [-0.39, 0.29) is 35.7 Å². The minimum absolute atomic E-state index is 0.00531. The largest absolute Gasteiger partial charge is 0.381 e. The molecule has 3 amide bonds. The van der Waals surface area contributed by atoms with E-state index in [1.807, 2.05) is 45.0 Å². The summed E-state index contributed by atoms with van der Waals surface area (Å²) in [6.07, 6.45) is 8.23. The van der Waals surface area contributed by atoms with Crippen LogP contribution in [0.4, 0.5) is 5.95 Å². The number of imidazole rings is 1. The highest BCUT2D eigenvalue weighted by Crippen LogP contribution is 2.28. The number of fused-ring (bicyclic) bond motifs is 1. The number of aliphatic imine (C=N–C) groups is 1. The second-order valence-electron chi connectivity index (χ2n) is 12.0. The van der Waals surface area contributed by atoms with E-state index in [2.05, 4.69) is 39.7 Å². The topological polar surface area (TPSA) is 121 Å². The van der Waals surface area contributed by atoms with Crippen molar-refractivity contribution in [3.63, 3.8) is 0 Å². The number of hydrogen-bond donors (Lipinski definition) is 2. The van der Waals surface area contributed by atoms with Gasteiger partial charge in [-0.25, -0.2) is 9.98 Å². The van der Waals surface area contributed by atoms with Gasteiger partial charge in [-0.05, 0) is 64.5 Å². The number of hydrogen-bond acceptors (Lipinski definition) is 7. The van der Waals surface area contributed by atoms with Gasteiger partial charge < -0.3 is 29.7 Å². The molecule has 232 valence electrons. The second kappa shape index (κ2) is 14.3. The molecule has 2 fully saturated rings. The van der Waals surface area contributed by atoms with E-state index in [0.29, 0.717) is 50.9 Å². The fourth-order valence-corrected chi connectivity index (χ4v) is 6.24. The Balaban J connectivity index is 1.36. The number of amides is 3. The van der Waals surface area contributed by atoms with Gasteiger partial charge in [0.05, 0.1) is 6.04 Å². The lowest BCUT2D eigenvalue weighted by molar-refractivity contribution is -0.140. The van der Waals surface area contributed by atoms with Gasteiger partial charge in [-0.1, -0.05) is 30.3 Å². The standard InChI is InChI=1S/C32H45N7O4/c1-22-11-15-34-32-35-27(21-39(22)32)30(41)37(17-12-24-8-5-4-6-9-24)20-26-10-7-16-38(26)31(42)28(25-13-18-43-19-14-25)36-29(40)23(2)33-3/h4-6,8-9,15,21-23,25-26,28,33H,7,10-14,16-20H2,1-3H3,(H,36,40)/t22?,23-,26-,28-/m0/s1. The molecule has 11 heteroatoms. The molecule has 0 bridgehead atoms. The van der Waals surface area contributed by atoms with Crippen LogP contribution in [0, 0.1) is 5.92 Å². The van der Waals surface area contributed by atoms with Crippen molar-refractivity contribution >= 4 is 29.9 Å². The smallest absolute Gasteiger partial charge is 0.274 e. The zero-order chi connectivity index (χ0) is 30.3. The molecule has 4 atom stereocenters. The zero-order valence-electron chi connectivity index (χ0n) is 25.6. The minimum atomic E-state index is -0.625. The Kier molecular flexibility index (Phi) is 10.2. The molecule has 0 spiro atoms. The minimum Gasteiger partial charge on any atom is -0.381 e. The van der Waals surface area contributed by atoms with E-state index in [0.717, 1.165) is 37.7 Å². The SMILES string of the molecule is CN[C@@H](C)C(=O)N[C@H](C(=O)N1CCC[C@H]1CN(CCc1ccccc1)C(=O)c1cn2c(n1)N=CCC2C)C1CCOCC1. The highest BCUT2D eigenvalue weighted by molar-refractivity contribution is 5.93. The van der Waals surface area contributed by atoms with Crippen molar-refractivity contribution in [1.29, 1.82) is 0 Å². The third-order valence-corrected chi connectivity index (χ3v) is 9.08. The predicted molar refractivity (Wildman–Crippen MR) is 164 cm³/mol. The van der Waals surface area contributed by atoms with Gasteiger partial charge in [0.1, 0.15) is 11.7 Å². The van der Waals surface area contributed by atoms with Crippen LogP contribution in [0.25, 0.3) is 0 Å². The maximum absolute atomic E-state index is 14.2. The summed E-state index contributed by atoms with van der Waals surface area (Å²) >= 11 is 0. The number of aromatic nitrogens is 2. The normalized spacial score (nSPS) is 21.7. The first-order valence-corrected chi connectivity index (χ1v) is 15.7. The van der Waals surface area contributed by atoms with Crippen molar-refractivity contribution in [3.8, 4) is 0 Å². The Morgan fingerprint density at radius 1 is 1.14 bits per heavy atom. The number of nitrogens with zero attached hydrogens (tertiary/aromatic N) is 5. The van der Waals surface area contributed by atoms with Crippen molar-refractivity contribution in [2.75, 3.05) is 39.9 Å². The van der Waals surface area contributed by atoms with Crippen LogP contribution >= 0.6 is 0 Å². The summed E-state index contributed by atoms with van der Waals surface area (Å²) in [7, 11) is 1.73. The van der Waals surface area contributed by atoms with Gasteiger partial charge in [0.2, 0.25) is 17.8 Å². The third-order valence-electron chi connectivity index (χ3n) is 9.08. The molecule has 2 aromatic rings. The van der Waals surface area contributed by atoms with Crippen LogP contribution in [0.15, 0.2) is 41.5 Å². The van der Waals surface area contributed by atoms with Gasteiger partial charge in [-0.3, -0.25) is 14.4 Å². The number of carbonyl (C=O) groups excluding carboxylic acids is 3. The number of likely N-dealkylation sites (tertiary alicyclic amines) is 1. The Morgan fingerprint density at radius 2 is 1.91 bits per heavy atom. The molecule has 3 aliphatic rings. The van der Waals surface area contributed by atoms with E-state index in [4.69, 9.17) is 4.74 Å². The molecule has 2 saturated heterocycles. The molecule has 1 aromatic carbocycles. The lowest BCUT2D eigenvalue weighted by Gasteiger charge is -2.36. The number of carbonyl (C=O) groups is 3. The molecule has 2 N–H and O–H groups in total. The van der Waals surface area contributed by atoms with Gasteiger partial charge in [0.15, 0.2) is 0 Å². The Morgan fingerprint density at radius 3 is 2.63 bits per heavy atom. The van der Waals surface area contributed by atoms with Gasteiger partial charge >= 0.3 is 0 Å². The summed E-state index contributed by atoms with van der Waals surface area (Å²) in [4.78, 5) is 53.8. The van der Waals surface area contributed by atoms with Crippen molar-refractivity contribution < 1.29 is 19.1 Å². The fourth-order valence-electron chi connectivity index (χ4n) is 6.24. The highest BCUT2D eigenvalue weighted by Gasteiger charge is 2.40. The van der Waals surface area contributed by atoms with Crippen molar-refractivity contribution in [1.82, 2.24) is 30.0 Å². The summed E-state index contributed by atoms with van der Waals surface area (Å²) in [6.45, 7) is 6.54. The van der Waals surface area contributed by atoms with Crippen LogP contribution in [-0.4, -0.2) is 101 Å². The van der Waals surface area contributed by atoms with Gasteiger partial charge in [0, 0.05) is 63.8 Å². The zero-order valence-corrected chi connectivity index (χ0v) is 25.6. The first-order chi connectivity index (χ1) is 20.9. The summed E-state index contributed by atoms with van der Waals surface area (Å²) < 4.78 is 7.52. The second-order valence-corrected chi connectivity index (χ2v) is 12.0. The van der Waals surface area contributed by atoms with Gasteiger partial charge in [-0.15, -0.1) is 0 Å². The third kappa shape index (κ3) is 7.33. The Labute approximate surface area is 254 Å². The van der Waals surface area contributed by atoms with E-state index in [9.17, 15) is 14.4 Å². The highest BCUT2D eigenvalue weighted by atomic mass is 16.5. The van der Waals surface area contributed by atoms with Gasteiger partial charge in [-0.2, -0.15) is 0 Å². The first kappa shape index (κ1) is 30.9. The molecule has 0 saturated carbocycles. The predicted octanol–water partition coefficient (Wildman–Crippen LogP) is 2.75. The van der Waals surface area contributed by atoms with Crippen molar-refractivity contribution in [2.24, 2.45) is 10.9 Å².